The maximum Gasteiger partial charge on any atom is 0.138 e. The van der Waals surface area contributed by atoms with Gasteiger partial charge in [0.05, 0.1) is 5.69 Å². The Bertz CT molecular complexity index is 843. The minimum Gasteiger partial charge on any atom is -0.354 e. The van der Waals surface area contributed by atoms with E-state index in [4.69, 9.17) is 0 Å². The molecule has 0 radical (unpaired) electrons. The molecule has 0 saturated carbocycles. The number of pyridine rings is 1. The van der Waals surface area contributed by atoms with Crippen LogP contribution in [0.25, 0.3) is 5.69 Å². The summed E-state index contributed by atoms with van der Waals surface area (Å²) in [6.45, 7) is 5.85. The van der Waals surface area contributed by atoms with Gasteiger partial charge in [-0.25, -0.2) is 14.6 Å². The molecule has 1 aromatic carbocycles. The van der Waals surface area contributed by atoms with Crippen LogP contribution < -0.4 is 10.2 Å². The molecule has 8 heteroatoms. The van der Waals surface area contributed by atoms with Crippen molar-refractivity contribution in [3.8, 4) is 5.69 Å². The molecule has 28 heavy (non-hydrogen) atoms. The van der Waals surface area contributed by atoms with Crippen molar-refractivity contribution in [3.05, 3.63) is 66.4 Å². The van der Waals surface area contributed by atoms with Crippen LogP contribution in [0, 0.1) is 0 Å². The average molecular weight is 400 g/mol. The number of benzene rings is 1. The van der Waals surface area contributed by atoms with Crippen LogP contribution in [-0.2, 0) is 13.1 Å². The Labute approximate surface area is 171 Å². The van der Waals surface area contributed by atoms with Gasteiger partial charge in [0, 0.05) is 51.0 Å². The molecule has 1 saturated heterocycles. The first-order valence-electron chi connectivity index (χ1n) is 9.31. The van der Waals surface area contributed by atoms with E-state index in [2.05, 4.69) is 67.6 Å². The number of likely N-dealkylation sites (N-methyl/N-ethyl adjacent to an activating group) is 1. The normalized spacial score (nSPS) is 14.7. The highest BCUT2D eigenvalue weighted by Gasteiger charge is 2.17. The quantitative estimate of drug-likeness (QED) is 0.685. The lowest BCUT2D eigenvalue weighted by Gasteiger charge is -2.34. The van der Waals surface area contributed by atoms with Crippen molar-refractivity contribution in [2.75, 3.05) is 38.1 Å². The molecular weight excluding hydrogens is 374 g/mol. The van der Waals surface area contributed by atoms with Crippen LogP contribution in [0.3, 0.4) is 0 Å². The Hall–Kier alpha value is -2.48. The third kappa shape index (κ3) is 4.86. The van der Waals surface area contributed by atoms with Gasteiger partial charge in [-0.05, 0) is 30.8 Å². The summed E-state index contributed by atoms with van der Waals surface area (Å²) in [6, 6.07) is 12.5. The predicted molar refractivity (Wildman–Crippen MR) is 113 cm³/mol. The second kappa shape index (κ2) is 9.64. The van der Waals surface area contributed by atoms with E-state index in [0.29, 0.717) is 0 Å². The number of nitrogens with one attached hydrogen (secondary N) is 1. The minimum atomic E-state index is 0. The van der Waals surface area contributed by atoms with Crippen LogP contribution in [0.15, 0.2) is 55.2 Å². The molecule has 2 aromatic heterocycles. The summed E-state index contributed by atoms with van der Waals surface area (Å²) < 4.78 is 1.76. The zero-order chi connectivity index (χ0) is 18.5. The molecule has 7 nitrogen and oxygen atoms in total. The highest BCUT2D eigenvalue weighted by molar-refractivity contribution is 5.85. The van der Waals surface area contributed by atoms with Crippen molar-refractivity contribution in [1.29, 1.82) is 0 Å². The van der Waals surface area contributed by atoms with Crippen molar-refractivity contribution >= 4 is 18.2 Å². The standard InChI is InChI=1S/C20H25N7.ClH/c1-25-9-11-26(12-10-25)20-18(3-2-8-23-20)14-21-13-17-4-6-19(7-5-17)27-16-22-15-24-27;/h2-8,15-16,21H,9-14H2,1H3;1H. The summed E-state index contributed by atoms with van der Waals surface area (Å²) in [5.74, 6) is 1.11. The Balaban J connectivity index is 0.00000225. The summed E-state index contributed by atoms with van der Waals surface area (Å²) in [7, 11) is 2.17. The molecule has 0 atom stereocenters. The van der Waals surface area contributed by atoms with Gasteiger partial charge in [0.2, 0.25) is 0 Å². The van der Waals surface area contributed by atoms with E-state index in [1.54, 1.807) is 17.3 Å². The van der Waals surface area contributed by atoms with E-state index >= 15 is 0 Å². The number of anilines is 1. The lowest BCUT2D eigenvalue weighted by Crippen LogP contribution is -2.45. The van der Waals surface area contributed by atoms with Crippen molar-refractivity contribution in [2.24, 2.45) is 0 Å². The number of halogens is 1. The molecule has 3 aromatic rings. The molecular formula is C20H26ClN7. The van der Waals surface area contributed by atoms with Gasteiger partial charge in [-0.3, -0.25) is 0 Å². The Morgan fingerprint density at radius 3 is 2.50 bits per heavy atom. The van der Waals surface area contributed by atoms with Gasteiger partial charge in [0.15, 0.2) is 0 Å². The number of piperazine rings is 1. The second-order valence-electron chi connectivity index (χ2n) is 6.89. The molecule has 0 aliphatic carbocycles. The van der Waals surface area contributed by atoms with E-state index in [9.17, 15) is 0 Å². The van der Waals surface area contributed by atoms with Gasteiger partial charge in [-0.1, -0.05) is 18.2 Å². The van der Waals surface area contributed by atoms with Crippen molar-refractivity contribution in [2.45, 2.75) is 13.1 Å². The van der Waals surface area contributed by atoms with Gasteiger partial charge >= 0.3 is 0 Å². The highest BCUT2D eigenvalue weighted by Crippen LogP contribution is 2.19. The summed E-state index contributed by atoms with van der Waals surface area (Å²) in [4.78, 5) is 13.4. The number of rotatable bonds is 6. The molecule has 1 aliphatic rings. The van der Waals surface area contributed by atoms with Crippen LogP contribution in [0.5, 0.6) is 0 Å². The summed E-state index contributed by atoms with van der Waals surface area (Å²) in [5.41, 5.74) is 3.51. The number of aromatic nitrogens is 4. The SMILES string of the molecule is CN1CCN(c2ncccc2CNCc2ccc(-n3cncn3)cc2)CC1.Cl. The first-order valence-corrected chi connectivity index (χ1v) is 9.31. The molecule has 0 unspecified atom stereocenters. The summed E-state index contributed by atoms with van der Waals surface area (Å²) >= 11 is 0. The Kier molecular flexibility index (Phi) is 6.97. The monoisotopic (exact) mass is 399 g/mol. The van der Waals surface area contributed by atoms with Crippen molar-refractivity contribution in [3.63, 3.8) is 0 Å². The third-order valence-electron chi connectivity index (χ3n) is 4.93. The summed E-state index contributed by atoms with van der Waals surface area (Å²) in [6.07, 6.45) is 5.14. The fourth-order valence-electron chi connectivity index (χ4n) is 3.32. The van der Waals surface area contributed by atoms with Crippen LogP contribution in [0.2, 0.25) is 0 Å². The minimum absolute atomic E-state index is 0. The highest BCUT2D eigenvalue weighted by atomic mass is 35.5. The molecule has 148 valence electrons. The number of hydrogen-bond acceptors (Lipinski definition) is 6. The van der Waals surface area contributed by atoms with Crippen molar-refractivity contribution in [1.82, 2.24) is 30.0 Å². The molecule has 4 rings (SSSR count). The summed E-state index contributed by atoms with van der Waals surface area (Å²) in [5, 5.41) is 7.70. The molecule has 1 fully saturated rings. The lowest BCUT2D eigenvalue weighted by molar-refractivity contribution is 0.311. The molecule has 1 aliphatic heterocycles. The molecule has 0 amide bonds. The topological polar surface area (TPSA) is 62.1 Å². The zero-order valence-corrected chi connectivity index (χ0v) is 16.8. The van der Waals surface area contributed by atoms with Crippen molar-refractivity contribution < 1.29 is 0 Å². The first-order chi connectivity index (χ1) is 13.3. The molecule has 0 spiro atoms. The van der Waals surface area contributed by atoms with Crippen LogP contribution in [0.1, 0.15) is 11.1 Å². The van der Waals surface area contributed by atoms with Crippen LogP contribution in [-0.4, -0.2) is 57.9 Å². The Morgan fingerprint density at radius 1 is 1.00 bits per heavy atom. The first kappa shape index (κ1) is 20.3. The Morgan fingerprint density at radius 2 is 1.79 bits per heavy atom. The number of hydrogen-bond donors (Lipinski definition) is 1. The molecule has 3 heterocycles. The fraction of sp³-hybridized carbons (Fsp3) is 0.350. The third-order valence-corrected chi connectivity index (χ3v) is 4.93. The maximum atomic E-state index is 4.64. The van der Waals surface area contributed by atoms with E-state index in [1.807, 2.05) is 12.3 Å². The van der Waals surface area contributed by atoms with E-state index < -0.39 is 0 Å². The fourth-order valence-corrected chi connectivity index (χ4v) is 3.32. The van der Waals surface area contributed by atoms with Gasteiger partial charge in [-0.15, -0.1) is 12.4 Å². The van der Waals surface area contributed by atoms with E-state index in [0.717, 1.165) is 50.8 Å². The number of nitrogens with zero attached hydrogens (tertiary/aromatic N) is 6. The average Bonchev–Trinajstić information content (AvgIpc) is 3.25. The zero-order valence-electron chi connectivity index (χ0n) is 16.0. The molecule has 0 bridgehead atoms. The maximum absolute atomic E-state index is 4.64. The van der Waals surface area contributed by atoms with E-state index in [-0.39, 0.29) is 12.4 Å². The molecule has 1 N–H and O–H groups in total. The van der Waals surface area contributed by atoms with Gasteiger partial charge < -0.3 is 15.1 Å². The van der Waals surface area contributed by atoms with E-state index in [1.165, 1.54) is 11.1 Å². The van der Waals surface area contributed by atoms with Gasteiger partial charge in [0.25, 0.3) is 0 Å². The van der Waals surface area contributed by atoms with Crippen LogP contribution in [0.4, 0.5) is 5.82 Å². The second-order valence-corrected chi connectivity index (χ2v) is 6.89. The van der Waals surface area contributed by atoms with Gasteiger partial charge in [-0.2, -0.15) is 5.10 Å². The smallest absolute Gasteiger partial charge is 0.138 e. The van der Waals surface area contributed by atoms with Crippen LogP contribution >= 0.6 is 12.4 Å². The van der Waals surface area contributed by atoms with Gasteiger partial charge in [0.1, 0.15) is 18.5 Å². The largest absolute Gasteiger partial charge is 0.354 e. The lowest BCUT2D eigenvalue weighted by atomic mass is 10.2. The predicted octanol–water partition coefficient (Wildman–Crippen LogP) is 2.13.